The molecular weight excluding hydrogens is 222 g/mol. The second kappa shape index (κ2) is 5.61. The zero-order valence-electron chi connectivity index (χ0n) is 9.58. The van der Waals surface area contributed by atoms with Crippen LogP contribution >= 0.6 is 11.3 Å². The largest absolute Gasteiger partial charge is 0.315 e. The maximum atomic E-state index is 10.9. The van der Waals surface area contributed by atoms with Crippen LogP contribution in [0.5, 0.6) is 0 Å². The van der Waals surface area contributed by atoms with Crippen LogP contribution in [0.2, 0.25) is 0 Å². The molecule has 1 aliphatic heterocycles. The standard InChI is InChI=1S/C11H19N3OS/c1-8-3-2-4-13-10(8)6-12-5-9-7-16-11(15)14-9/h7-8,10,12-13H,2-6H2,1H3,(H,14,15). The second-order valence-electron chi connectivity index (χ2n) is 4.48. The molecule has 1 aromatic rings. The summed E-state index contributed by atoms with van der Waals surface area (Å²) in [6.45, 7) is 5.15. The molecule has 2 unspecified atom stereocenters. The summed E-state index contributed by atoms with van der Waals surface area (Å²) >= 11 is 1.22. The first-order valence-corrected chi connectivity index (χ1v) is 6.74. The van der Waals surface area contributed by atoms with Crippen molar-refractivity contribution in [3.05, 3.63) is 20.7 Å². The van der Waals surface area contributed by atoms with Gasteiger partial charge >= 0.3 is 4.87 Å². The number of rotatable bonds is 4. The van der Waals surface area contributed by atoms with E-state index in [0.29, 0.717) is 6.04 Å². The summed E-state index contributed by atoms with van der Waals surface area (Å²) in [5.41, 5.74) is 0.985. The number of hydrogen-bond donors (Lipinski definition) is 3. The quantitative estimate of drug-likeness (QED) is 0.734. The Bertz CT molecular complexity index is 373. The minimum absolute atomic E-state index is 0.0287. The van der Waals surface area contributed by atoms with Gasteiger partial charge in [0.25, 0.3) is 0 Å². The van der Waals surface area contributed by atoms with Crippen LogP contribution in [-0.2, 0) is 6.54 Å². The Balaban J connectivity index is 1.73. The Kier molecular flexibility index (Phi) is 4.15. The Morgan fingerprint density at radius 2 is 2.50 bits per heavy atom. The molecule has 90 valence electrons. The molecule has 4 nitrogen and oxygen atoms in total. The molecule has 0 spiro atoms. The van der Waals surface area contributed by atoms with Crippen molar-refractivity contribution in [2.45, 2.75) is 32.4 Å². The van der Waals surface area contributed by atoms with Crippen LogP contribution in [0.3, 0.4) is 0 Å². The van der Waals surface area contributed by atoms with Crippen molar-refractivity contribution in [3.63, 3.8) is 0 Å². The van der Waals surface area contributed by atoms with Crippen LogP contribution in [0.1, 0.15) is 25.5 Å². The van der Waals surface area contributed by atoms with Gasteiger partial charge < -0.3 is 15.6 Å². The van der Waals surface area contributed by atoms with E-state index in [-0.39, 0.29) is 4.87 Å². The third-order valence-electron chi connectivity index (χ3n) is 3.18. The lowest BCUT2D eigenvalue weighted by atomic mass is 9.93. The number of nitrogens with one attached hydrogen (secondary N) is 3. The van der Waals surface area contributed by atoms with E-state index in [2.05, 4.69) is 22.5 Å². The van der Waals surface area contributed by atoms with E-state index in [0.717, 1.165) is 31.2 Å². The van der Waals surface area contributed by atoms with Crippen LogP contribution in [-0.4, -0.2) is 24.1 Å². The molecule has 1 aromatic heterocycles. The van der Waals surface area contributed by atoms with Gasteiger partial charge in [-0.05, 0) is 25.3 Å². The number of piperidine rings is 1. The molecule has 0 saturated carbocycles. The summed E-state index contributed by atoms with van der Waals surface area (Å²) in [5, 5.41) is 8.80. The number of aromatic amines is 1. The van der Waals surface area contributed by atoms with Crippen LogP contribution in [0.15, 0.2) is 10.2 Å². The van der Waals surface area contributed by atoms with E-state index >= 15 is 0 Å². The summed E-state index contributed by atoms with van der Waals surface area (Å²) in [4.78, 5) is 13.8. The molecule has 2 atom stereocenters. The first-order valence-electron chi connectivity index (χ1n) is 5.86. The van der Waals surface area contributed by atoms with Crippen molar-refractivity contribution in [1.82, 2.24) is 15.6 Å². The maximum Gasteiger partial charge on any atom is 0.304 e. The first-order chi connectivity index (χ1) is 7.75. The van der Waals surface area contributed by atoms with Gasteiger partial charge in [-0.1, -0.05) is 18.3 Å². The minimum atomic E-state index is 0.0287. The highest BCUT2D eigenvalue weighted by molar-refractivity contribution is 7.07. The summed E-state index contributed by atoms with van der Waals surface area (Å²) < 4.78 is 0. The average molecular weight is 241 g/mol. The number of hydrogen-bond acceptors (Lipinski definition) is 4. The SMILES string of the molecule is CC1CCCNC1CNCc1csc(=O)[nH]1. The Hall–Kier alpha value is -0.650. The molecule has 1 aliphatic rings. The van der Waals surface area contributed by atoms with Crippen LogP contribution in [0.4, 0.5) is 0 Å². The molecule has 0 amide bonds. The topological polar surface area (TPSA) is 56.9 Å². The highest BCUT2D eigenvalue weighted by Crippen LogP contribution is 2.14. The van der Waals surface area contributed by atoms with Gasteiger partial charge in [-0.25, -0.2) is 0 Å². The smallest absolute Gasteiger partial charge is 0.304 e. The molecule has 3 N–H and O–H groups in total. The fourth-order valence-electron chi connectivity index (χ4n) is 2.15. The van der Waals surface area contributed by atoms with Gasteiger partial charge in [0, 0.05) is 30.2 Å². The second-order valence-corrected chi connectivity index (χ2v) is 5.33. The molecule has 16 heavy (non-hydrogen) atoms. The van der Waals surface area contributed by atoms with Gasteiger partial charge in [0.1, 0.15) is 0 Å². The van der Waals surface area contributed by atoms with Crippen LogP contribution in [0, 0.1) is 5.92 Å². The van der Waals surface area contributed by atoms with Crippen molar-refractivity contribution in [3.8, 4) is 0 Å². The molecule has 2 rings (SSSR count). The van der Waals surface area contributed by atoms with Gasteiger partial charge in [0.05, 0.1) is 0 Å². The number of thiazole rings is 1. The number of H-pyrrole nitrogens is 1. The Morgan fingerprint density at radius 3 is 3.19 bits per heavy atom. The molecule has 0 aliphatic carbocycles. The molecule has 1 fully saturated rings. The summed E-state index contributed by atoms with van der Waals surface area (Å²) in [5.74, 6) is 0.739. The zero-order valence-corrected chi connectivity index (χ0v) is 10.4. The summed E-state index contributed by atoms with van der Waals surface area (Å²) in [6.07, 6.45) is 2.60. The summed E-state index contributed by atoms with van der Waals surface area (Å²) in [7, 11) is 0. The van der Waals surface area contributed by atoms with E-state index in [4.69, 9.17) is 0 Å². The molecule has 2 heterocycles. The molecule has 0 bridgehead atoms. The van der Waals surface area contributed by atoms with Crippen LogP contribution in [0.25, 0.3) is 0 Å². The van der Waals surface area contributed by atoms with E-state index in [1.807, 2.05) is 5.38 Å². The fourth-order valence-corrected chi connectivity index (χ4v) is 2.73. The van der Waals surface area contributed by atoms with E-state index in [9.17, 15) is 4.79 Å². The average Bonchev–Trinajstić information content (AvgIpc) is 2.67. The van der Waals surface area contributed by atoms with Gasteiger partial charge in [-0.3, -0.25) is 4.79 Å². The summed E-state index contributed by atoms with van der Waals surface area (Å²) in [6, 6.07) is 0.569. The van der Waals surface area contributed by atoms with Gasteiger partial charge in [0.15, 0.2) is 0 Å². The Morgan fingerprint density at radius 1 is 1.62 bits per heavy atom. The lowest BCUT2D eigenvalue weighted by Gasteiger charge is -2.30. The molecular formula is C11H19N3OS. The van der Waals surface area contributed by atoms with Crippen LogP contribution < -0.4 is 15.5 Å². The van der Waals surface area contributed by atoms with Crippen molar-refractivity contribution in [2.75, 3.05) is 13.1 Å². The first kappa shape index (κ1) is 11.8. The van der Waals surface area contributed by atoms with E-state index < -0.39 is 0 Å². The van der Waals surface area contributed by atoms with Gasteiger partial charge in [-0.15, -0.1) is 0 Å². The molecule has 0 radical (unpaired) electrons. The van der Waals surface area contributed by atoms with E-state index in [1.54, 1.807) is 0 Å². The third kappa shape index (κ3) is 3.17. The fraction of sp³-hybridized carbons (Fsp3) is 0.727. The van der Waals surface area contributed by atoms with Crippen molar-refractivity contribution < 1.29 is 0 Å². The highest BCUT2D eigenvalue weighted by atomic mass is 32.1. The third-order valence-corrected chi connectivity index (χ3v) is 3.90. The van der Waals surface area contributed by atoms with E-state index in [1.165, 1.54) is 24.2 Å². The number of aromatic nitrogens is 1. The minimum Gasteiger partial charge on any atom is -0.315 e. The normalized spacial score (nSPS) is 25.8. The van der Waals surface area contributed by atoms with Crippen molar-refractivity contribution >= 4 is 11.3 Å². The predicted molar refractivity (Wildman–Crippen MR) is 66.8 cm³/mol. The monoisotopic (exact) mass is 241 g/mol. The lowest BCUT2D eigenvalue weighted by molar-refractivity contribution is 0.290. The lowest BCUT2D eigenvalue weighted by Crippen LogP contribution is -2.46. The van der Waals surface area contributed by atoms with Gasteiger partial charge in [0.2, 0.25) is 0 Å². The van der Waals surface area contributed by atoms with Crippen molar-refractivity contribution in [2.24, 2.45) is 5.92 Å². The van der Waals surface area contributed by atoms with Gasteiger partial charge in [-0.2, -0.15) is 0 Å². The predicted octanol–water partition coefficient (Wildman–Crippen LogP) is 0.914. The highest BCUT2D eigenvalue weighted by Gasteiger charge is 2.19. The maximum absolute atomic E-state index is 10.9. The molecule has 0 aromatic carbocycles. The molecule has 5 heteroatoms. The zero-order chi connectivity index (χ0) is 11.4. The van der Waals surface area contributed by atoms with Crippen molar-refractivity contribution in [1.29, 1.82) is 0 Å². The Labute approximate surface area is 99.5 Å². The molecule has 1 saturated heterocycles.